The van der Waals surface area contributed by atoms with Gasteiger partial charge in [0.15, 0.2) is 0 Å². The van der Waals surface area contributed by atoms with E-state index in [-0.39, 0.29) is 13.2 Å². The molecule has 0 fully saturated rings. The first-order valence-corrected chi connectivity index (χ1v) is 5.76. The summed E-state index contributed by atoms with van der Waals surface area (Å²) in [7, 11) is 0. The summed E-state index contributed by atoms with van der Waals surface area (Å²) in [6.45, 7) is 2.86. The number of halogens is 3. The Labute approximate surface area is 105 Å². The SMILES string of the molecule is CC(C)c1ccccc1OCCOCC(F)(F)F. The van der Waals surface area contributed by atoms with E-state index in [0.29, 0.717) is 11.7 Å². The Morgan fingerprint density at radius 3 is 2.39 bits per heavy atom. The van der Waals surface area contributed by atoms with Crippen LogP contribution in [-0.4, -0.2) is 26.0 Å². The third kappa shape index (κ3) is 5.40. The number of alkyl halides is 3. The predicted octanol–water partition coefficient (Wildman–Crippen LogP) is 3.77. The van der Waals surface area contributed by atoms with E-state index in [1.807, 2.05) is 32.0 Å². The largest absolute Gasteiger partial charge is 0.491 e. The van der Waals surface area contributed by atoms with Crippen LogP contribution in [0, 0.1) is 0 Å². The van der Waals surface area contributed by atoms with Crippen LogP contribution in [0.2, 0.25) is 0 Å². The minimum atomic E-state index is -4.28. The molecule has 0 unspecified atom stereocenters. The monoisotopic (exact) mass is 262 g/mol. The number of rotatable bonds is 6. The number of benzene rings is 1. The van der Waals surface area contributed by atoms with Gasteiger partial charge < -0.3 is 9.47 Å². The third-order valence-corrected chi connectivity index (χ3v) is 2.29. The normalized spacial score (nSPS) is 11.9. The lowest BCUT2D eigenvalue weighted by Gasteiger charge is -2.14. The van der Waals surface area contributed by atoms with Gasteiger partial charge in [-0.25, -0.2) is 0 Å². The second-order valence-corrected chi connectivity index (χ2v) is 4.21. The van der Waals surface area contributed by atoms with Crippen molar-refractivity contribution in [3.63, 3.8) is 0 Å². The first-order chi connectivity index (χ1) is 8.40. The zero-order chi connectivity index (χ0) is 13.6. The second kappa shape index (κ2) is 6.64. The molecule has 0 amide bonds. The molecule has 0 atom stereocenters. The molecule has 0 radical (unpaired) electrons. The van der Waals surface area contributed by atoms with Crippen molar-refractivity contribution in [2.45, 2.75) is 25.9 Å². The van der Waals surface area contributed by atoms with E-state index in [1.54, 1.807) is 6.07 Å². The molecule has 0 aliphatic carbocycles. The van der Waals surface area contributed by atoms with Gasteiger partial charge in [-0.2, -0.15) is 13.2 Å². The molecule has 0 bridgehead atoms. The van der Waals surface area contributed by atoms with Crippen molar-refractivity contribution < 1.29 is 22.6 Å². The zero-order valence-corrected chi connectivity index (χ0v) is 10.5. The lowest BCUT2D eigenvalue weighted by molar-refractivity contribution is -0.175. The number of ether oxygens (including phenoxy) is 2. The second-order valence-electron chi connectivity index (χ2n) is 4.21. The molecule has 0 aromatic heterocycles. The molecule has 0 heterocycles. The maximum Gasteiger partial charge on any atom is 0.411 e. The maximum absolute atomic E-state index is 11.8. The van der Waals surface area contributed by atoms with Crippen molar-refractivity contribution in [2.75, 3.05) is 19.8 Å². The van der Waals surface area contributed by atoms with Gasteiger partial charge in [-0.3, -0.25) is 0 Å². The molecule has 0 N–H and O–H groups in total. The van der Waals surface area contributed by atoms with Crippen LogP contribution in [0.5, 0.6) is 5.75 Å². The van der Waals surface area contributed by atoms with Crippen LogP contribution >= 0.6 is 0 Å². The third-order valence-electron chi connectivity index (χ3n) is 2.29. The van der Waals surface area contributed by atoms with Crippen molar-refractivity contribution in [2.24, 2.45) is 0 Å². The van der Waals surface area contributed by atoms with Crippen molar-refractivity contribution >= 4 is 0 Å². The summed E-state index contributed by atoms with van der Waals surface area (Å²) in [5, 5.41) is 0. The fourth-order valence-corrected chi connectivity index (χ4v) is 1.49. The van der Waals surface area contributed by atoms with Gasteiger partial charge in [0.2, 0.25) is 0 Å². The first kappa shape index (κ1) is 14.8. The highest BCUT2D eigenvalue weighted by molar-refractivity contribution is 5.35. The molecular formula is C13H17F3O2. The molecule has 0 aliphatic rings. The summed E-state index contributed by atoms with van der Waals surface area (Å²) < 4.78 is 45.3. The average molecular weight is 262 g/mol. The van der Waals surface area contributed by atoms with Crippen LogP contribution in [0.1, 0.15) is 25.3 Å². The van der Waals surface area contributed by atoms with Gasteiger partial charge in [0.1, 0.15) is 19.0 Å². The lowest BCUT2D eigenvalue weighted by Crippen LogP contribution is -2.19. The van der Waals surface area contributed by atoms with E-state index in [1.165, 1.54) is 0 Å². The Balaban J connectivity index is 2.36. The van der Waals surface area contributed by atoms with Crippen LogP contribution in [-0.2, 0) is 4.74 Å². The Bertz CT molecular complexity index is 361. The smallest absolute Gasteiger partial charge is 0.411 e. The van der Waals surface area contributed by atoms with Gasteiger partial charge in [0, 0.05) is 0 Å². The van der Waals surface area contributed by atoms with E-state index >= 15 is 0 Å². The Kier molecular flexibility index (Phi) is 5.47. The lowest BCUT2D eigenvalue weighted by atomic mass is 10.0. The highest BCUT2D eigenvalue weighted by atomic mass is 19.4. The van der Waals surface area contributed by atoms with Gasteiger partial charge in [-0.1, -0.05) is 32.0 Å². The number of hydrogen-bond donors (Lipinski definition) is 0. The van der Waals surface area contributed by atoms with Crippen molar-refractivity contribution in [1.82, 2.24) is 0 Å². The molecule has 0 aliphatic heterocycles. The average Bonchev–Trinajstić information content (AvgIpc) is 2.27. The van der Waals surface area contributed by atoms with Crippen LogP contribution in [0.4, 0.5) is 13.2 Å². The van der Waals surface area contributed by atoms with Crippen LogP contribution < -0.4 is 4.74 Å². The van der Waals surface area contributed by atoms with Gasteiger partial charge in [-0.05, 0) is 17.5 Å². The zero-order valence-electron chi connectivity index (χ0n) is 10.5. The summed E-state index contributed by atoms with van der Waals surface area (Å²) in [5.74, 6) is 1.00. The fraction of sp³-hybridized carbons (Fsp3) is 0.538. The summed E-state index contributed by atoms with van der Waals surface area (Å²) in [6.07, 6.45) is -4.28. The minimum Gasteiger partial charge on any atom is -0.491 e. The molecule has 1 aromatic carbocycles. The molecule has 102 valence electrons. The minimum absolute atomic E-state index is 0.0774. The summed E-state index contributed by atoms with van der Waals surface area (Å²) >= 11 is 0. The van der Waals surface area contributed by atoms with Gasteiger partial charge in [-0.15, -0.1) is 0 Å². The van der Waals surface area contributed by atoms with Crippen molar-refractivity contribution in [1.29, 1.82) is 0 Å². The molecule has 0 spiro atoms. The molecule has 1 aromatic rings. The molecule has 18 heavy (non-hydrogen) atoms. The van der Waals surface area contributed by atoms with E-state index in [0.717, 1.165) is 5.56 Å². The van der Waals surface area contributed by atoms with Crippen LogP contribution in [0.25, 0.3) is 0 Å². The van der Waals surface area contributed by atoms with Crippen molar-refractivity contribution in [3.05, 3.63) is 29.8 Å². The quantitative estimate of drug-likeness (QED) is 0.726. The predicted molar refractivity (Wildman–Crippen MR) is 62.9 cm³/mol. The molecule has 1 rings (SSSR count). The number of hydrogen-bond acceptors (Lipinski definition) is 2. The van der Waals surface area contributed by atoms with Crippen molar-refractivity contribution in [3.8, 4) is 5.75 Å². The van der Waals surface area contributed by atoms with E-state index in [4.69, 9.17) is 4.74 Å². The van der Waals surface area contributed by atoms with E-state index in [9.17, 15) is 13.2 Å². The summed E-state index contributed by atoms with van der Waals surface area (Å²) in [5.41, 5.74) is 1.04. The van der Waals surface area contributed by atoms with Gasteiger partial charge >= 0.3 is 6.18 Å². The van der Waals surface area contributed by atoms with Gasteiger partial charge in [0.05, 0.1) is 6.61 Å². The first-order valence-electron chi connectivity index (χ1n) is 5.76. The molecular weight excluding hydrogens is 245 g/mol. The maximum atomic E-state index is 11.8. The molecule has 2 nitrogen and oxygen atoms in total. The molecule has 5 heteroatoms. The standard InChI is InChI=1S/C13H17F3O2/c1-10(2)11-5-3-4-6-12(11)18-8-7-17-9-13(14,15)16/h3-6,10H,7-9H2,1-2H3. The number of para-hydroxylation sites is 1. The Hall–Kier alpha value is -1.23. The Morgan fingerprint density at radius 1 is 1.11 bits per heavy atom. The molecule has 0 saturated heterocycles. The highest BCUT2D eigenvalue weighted by Gasteiger charge is 2.27. The van der Waals surface area contributed by atoms with Gasteiger partial charge in [0.25, 0.3) is 0 Å². The summed E-state index contributed by atoms with van der Waals surface area (Å²) in [4.78, 5) is 0. The van der Waals surface area contributed by atoms with Crippen LogP contribution in [0.3, 0.4) is 0 Å². The van der Waals surface area contributed by atoms with Crippen LogP contribution in [0.15, 0.2) is 24.3 Å². The summed E-state index contributed by atoms with van der Waals surface area (Å²) in [6, 6.07) is 7.48. The van der Waals surface area contributed by atoms with E-state index in [2.05, 4.69) is 4.74 Å². The van der Waals surface area contributed by atoms with E-state index < -0.39 is 12.8 Å². The highest BCUT2D eigenvalue weighted by Crippen LogP contribution is 2.25. The topological polar surface area (TPSA) is 18.5 Å². The fourth-order valence-electron chi connectivity index (χ4n) is 1.49. The molecule has 0 saturated carbocycles. The Morgan fingerprint density at radius 2 is 1.78 bits per heavy atom.